The van der Waals surface area contributed by atoms with Gasteiger partial charge in [-0.1, -0.05) is 0 Å². The first-order valence-corrected chi connectivity index (χ1v) is 4.05. The highest BCUT2D eigenvalue weighted by molar-refractivity contribution is 4.89. The van der Waals surface area contributed by atoms with Crippen LogP contribution >= 0.6 is 0 Å². The van der Waals surface area contributed by atoms with Crippen LogP contribution in [0.3, 0.4) is 0 Å². The Bertz CT molecular complexity index is 111. The summed E-state index contributed by atoms with van der Waals surface area (Å²) in [6, 6.07) is 0.529. The molecule has 1 aliphatic rings. The zero-order chi connectivity index (χ0) is 7.78. The molecule has 0 aliphatic carbocycles. The van der Waals surface area contributed by atoms with E-state index in [2.05, 4.69) is 25.7 Å². The van der Waals surface area contributed by atoms with Gasteiger partial charge in [-0.25, -0.2) is 0 Å². The Hall–Kier alpha value is -0.0800. The van der Waals surface area contributed by atoms with Gasteiger partial charge >= 0.3 is 0 Å². The summed E-state index contributed by atoms with van der Waals surface area (Å²) in [5.74, 6) is 0. The summed E-state index contributed by atoms with van der Waals surface area (Å²) in [5.41, 5.74) is 5.91. The Morgan fingerprint density at radius 3 is 2.00 bits per heavy atom. The predicted molar refractivity (Wildman–Crippen MR) is 43.9 cm³/mol. The van der Waals surface area contributed by atoms with E-state index in [-0.39, 0.29) is 5.54 Å². The molecule has 1 rings (SSSR count). The van der Waals surface area contributed by atoms with E-state index in [1.165, 1.54) is 19.5 Å². The number of likely N-dealkylation sites (tertiary alicyclic amines) is 1. The molecule has 2 N–H and O–H groups in total. The second-order valence-corrected chi connectivity index (χ2v) is 3.89. The van der Waals surface area contributed by atoms with Gasteiger partial charge in [-0.05, 0) is 40.3 Å². The van der Waals surface area contributed by atoms with Crippen molar-refractivity contribution in [2.24, 2.45) is 5.73 Å². The molecular formula is C8H18N2. The zero-order valence-corrected chi connectivity index (χ0v) is 7.22. The molecule has 2 nitrogen and oxygen atoms in total. The molecule has 0 amide bonds. The second-order valence-electron chi connectivity index (χ2n) is 3.89. The molecule has 10 heavy (non-hydrogen) atoms. The molecule has 0 bridgehead atoms. The Kier molecular flexibility index (Phi) is 2.02. The second kappa shape index (κ2) is 2.51. The van der Waals surface area contributed by atoms with Crippen molar-refractivity contribution >= 4 is 0 Å². The first-order valence-electron chi connectivity index (χ1n) is 4.05. The maximum Gasteiger partial charge on any atom is 0.0252 e. The fourth-order valence-corrected chi connectivity index (χ4v) is 1.20. The van der Waals surface area contributed by atoms with E-state index in [0.29, 0.717) is 6.04 Å². The van der Waals surface area contributed by atoms with Crippen LogP contribution < -0.4 is 5.73 Å². The molecule has 60 valence electrons. The first kappa shape index (κ1) is 8.02. The van der Waals surface area contributed by atoms with E-state index in [1.807, 2.05) is 0 Å². The van der Waals surface area contributed by atoms with Gasteiger partial charge < -0.3 is 5.73 Å². The monoisotopic (exact) mass is 142 g/mol. The van der Waals surface area contributed by atoms with E-state index >= 15 is 0 Å². The van der Waals surface area contributed by atoms with Gasteiger partial charge in [-0.2, -0.15) is 0 Å². The minimum absolute atomic E-state index is 0.0413. The molecule has 0 aromatic heterocycles. The van der Waals surface area contributed by atoms with Crippen molar-refractivity contribution in [3.05, 3.63) is 0 Å². The zero-order valence-electron chi connectivity index (χ0n) is 7.22. The van der Waals surface area contributed by atoms with Crippen LogP contribution in [0, 0.1) is 0 Å². The number of rotatable bonds is 2. The third kappa shape index (κ3) is 1.50. The lowest BCUT2D eigenvalue weighted by Crippen LogP contribution is -2.57. The van der Waals surface area contributed by atoms with Crippen molar-refractivity contribution in [1.82, 2.24) is 4.90 Å². The summed E-state index contributed by atoms with van der Waals surface area (Å²) in [4.78, 5) is 2.43. The van der Waals surface area contributed by atoms with Crippen LogP contribution in [0.25, 0.3) is 0 Å². The average molecular weight is 142 g/mol. The van der Waals surface area contributed by atoms with Crippen molar-refractivity contribution in [2.45, 2.75) is 38.8 Å². The Balaban J connectivity index is 2.39. The fraction of sp³-hybridized carbons (Fsp3) is 1.00. The van der Waals surface area contributed by atoms with Gasteiger partial charge in [0.05, 0.1) is 0 Å². The van der Waals surface area contributed by atoms with Crippen LogP contribution in [0.1, 0.15) is 27.2 Å². The smallest absolute Gasteiger partial charge is 0.0252 e. The molecular weight excluding hydrogens is 124 g/mol. The van der Waals surface area contributed by atoms with E-state index < -0.39 is 0 Å². The molecule has 1 fully saturated rings. The van der Waals surface area contributed by atoms with Crippen molar-refractivity contribution in [2.75, 3.05) is 13.1 Å². The highest BCUT2D eigenvalue weighted by Crippen LogP contribution is 2.18. The molecule has 1 unspecified atom stereocenters. The number of nitrogens with two attached hydrogens (primary N) is 1. The molecule has 1 atom stereocenters. The molecule has 1 heterocycles. The van der Waals surface area contributed by atoms with Crippen LogP contribution in [0.4, 0.5) is 0 Å². The van der Waals surface area contributed by atoms with Gasteiger partial charge in [0.25, 0.3) is 0 Å². The van der Waals surface area contributed by atoms with E-state index in [9.17, 15) is 0 Å². The van der Waals surface area contributed by atoms with Gasteiger partial charge in [-0.15, -0.1) is 0 Å². The minimum atomic E-state index is -0.0413. The fourth-order valence-electron chi connectivity index (χ4n) is 1.20. The van der Waals surface area contributed by atoms with E-state index in [0.717, 1.165) is 0 Å². The average Bonchev–Trinajstić information content (AvgIpc) is 1.57. The molecule has 0 spiro atoms. The van der Waals surface area contributed by atoms with Gasteiger partial charge in [-0.3, -0.25) is 4.90 Å². The molecule has 0 saturated carbocycles. The lowest BCUT2D eigenvalue weighted by atomic mass is 9.94. The highest BCUT2D eigenvalue weighted by Gasteiger charge is 2.29. The summed E-state index contributed by atoms with van der Waals surface area (Å²) in [6.07, 6.45) is 1.35. The lowest BCUT2D eigenvalue weighted by molar-refractivity contribution is 0.0861. The highest BCUT2D eigenvalue weighted by atomic mass is 15.2. The summed E-state index contributed by atoms with van der Waals surface area (Å²) in [6.45, 7) is 8.87. The summed E-state index contributed by atoms with van der Waals surface area (Å²) in [7, 11) is 0. The number of hydrogen-bond donors (Lipinski definition) is 1. The maximum atomic E-state index is 5.95. The molecule has 0 aromatic carbocycles. The van der Waals surface area contributed by atoms with Gasteiger partial charge in [0.2, 0.25) is 0 Å². The Labute approximate surface area is 63.4 Å². The molecule has 0 aromatic rings. The van der Waals surface area contributed by atoms with E-state index in [4.69, 9.17) is 5.73 Å². The summed E-state index contributed by atoms with van der Waals surface area (Å²) >= 11 is 0. The molecule has 1 saturated heterocycles. The van der Waals surface area contributed by atoms with Crippen LogP contribution in [0.5, 0.6) is 0 Å². The summed E-state index contributed by atoms with van der Waals surface area (Å²) < 4.78 is 0. The normalized spacial score (nSPS) is 24.0. The maximum absolute atomic E-state index is 5.95. The van der Waals surface area contributed by atoms with Crippen LogP contribution in [-0.2, 0) is 0 Å². The van der Waals surface area contributed by atoms with Crippen molar-refractivity contribution in [3.8, 4) is 0 Å². The summed E-state index contributed by atoms with van der Waals surface area (Å²) in [5, 5.41) is 0. The topological polar surface area (TPSA) is 29.3 Å². The van der Waals surface area contributed by atoms with Crippen LogP contribution in [0.2, 0.25) is 0 Å². The Morgan fingerprint density at radius 2 is 1.90 bits per heavy atom. The molecule has 1 aliphatic heterocycles. The number of nitrogens with zero attached hydrogens (tertiary/aromatic N) is 1. The first-order chi connectivity index (χ1) is 4.52. The Morgan fingerprint density at radius 1 is 1.40 bits per heavy atom. The quantitative estimate of drug-likeness (QED) is 0.618. The third-order valence-corrected chi connectivity index (χ3v) is 2.52. The minimum Gasteiger partial charge on any atom is -0.324 e. The standard InChI is InChI=1S/C8H18N2/c1-7(8(2,3)9)10-5-4-6-10/h7H,4-6,9H2,1-3H3. The van der Waals surface area contributed by atoms with Gasteiger partial charge in [0.1, 0.15) is 0 Å². The van der Waals surface area contributed by atoms with Crippen LogP contribution in [-0.4, -0.2) is 29.6 Å². The predicted octanol–water partition coefficient (Wildman–Crippen LogP) is 0.818. The molecule has 2 heteroatoms. The van der Waals surface area contributed by atoms with E-state index in [1.54, 1.807) is 0 Å². The molecule has 0 radical (unpaired) electrons. The van der Waals surface area contributed by atoms with Gasteiger partial charge in [0.15, 0.2) is 0 Å². The van der Waals surface area contributed by atoms with Crippen molar-refractivity contribution < 1.29 is 0 Å². The van der Waals surface area contributed by atoms with Crippen LogP contribution in [0.15, 0.2) is 0 Å². The third-order valence-electron chi connectivity index (χ3n) is 2.52. The SMILES string of the molecule is CC(N1CCC1)C(C)(C)N. The van der Waals surface area contributed by atoms with Crippen molar-refractivity contribution in [1.29, 1.82) is 0 Å². The van der Waals surface area contributed by atoms with Gasteiger partial charge in [0, 0.05) is 11.6 Å². The lowest BCUT2D eigenvalue weighted by Gasteiger charge is -2.42. The van der Waals surface area contributed by atoms with Crippen molar-refractivity contribution in [3.63, 3.8) is 0 Å². The number of hydrogen-bond acceptors (Lipinski definition) is 2. The largest absolute Gasteiger partial charge is 0.324 e.